The molecule has 1 aromatic carbocycles. The van der Waals surface area contributed by atoms with Crippen molar-refractivity contribution < 1.29 is 12.8 Å². The summed E-state index contributed by atoms with van der Waals surface area (Å²) in [5, 5.41) is 0.904. The van der Waals surface area contributed by atoms with Gasteiger partial charge in [0.25, 0.3) is 0 Å². The van der Waals surface area contributed by atoms with Gasteiger partial charge in [-0.15, -0.1) is 0 Å². The number of hydrogen-bond acceptors (Lipinski definition) is 4. The van der Waals surface area contributed by atoms with Crippen LogP contribution in [0.1, 0.15) is 5.69 Å². The highest BCUT2D eigenvalue weighted by molar-refractivity contribution is 7.89. The van der Waals surface area contributed by atoms with Crippen molar-refractivity contribution in [3.05, 3.63) is 60.3 Å². The number of hydrogen-bond donors (Lipinski definition) is 1. The predicted molar refractivity (Wildman–Crippen MR) is 109 cm³/mol. The number of sulfonamides is 1. The van der Waals surface area contributed by atoms with Crippen molar-refractivity contribution in [1.29, 1.82) is 0 Å². The summed E-state index contributed by atoms with van der Waals surface area (Å²) in [6, 6.07) is 9.24. The summed E-state index contributed by atoms with van der Waals surface area (Å²) in [4.78, 5) is 4.25. The van der Waals surface area contributed by atoms with Crippen molar-refractivity contribution >= 4 is 20.9 Å². The maximum absolute atomic E-state index is 14.2. The summed E-state index contributed by atoms with van der Waals surface area (Å²) in [6.07, 6.45) is 4.30. The van der Waals surface area contributed by atoms with Gasteiger partial charge in [0.05, 0.1) is 6.54 Å². The van der Waals surface area contributed by atoms with Crippen LogP contribution in [0.5, 0.6) is 0 Å². The van der Waals surface area contributed by atoms with Crippen molar-refractivity contribution in [2.45, 2.75) is 18.4 Å². The zero-order valence-electron chi connectivity index (χ0n) is 16.1. The lowest BCUT2D eigenvalue weighted by molar-refractivity contribution is 0.520. The van der Waals surface area contributed by atoms with Crippen LogP contribution in [-0.4, -0.2) is 42.9 Å². The molecule has 3 rings (SSSR count). The molecule has 6 nitrogen and oxygen atoms in total. The molecule has 3 aromatic rings. The maximum Gasteiger partial charge on any atom is 0.244 e. The lowest BCUT2D eigenvalue weighted by Crippen LogP contribution is -2.22. The first-order chi connectivity index (χ1) is 13.3. The van der Waals surface area contributed by atoms with Gasteiger partial charge in [-0.2, -0.15) is 0 Å². The van der Waals surface area contributed by atoms with Crippen LogP contribution >= 0.6 is 0 Å². The molecule has 2 aromatic heterocycles. The van der Waals surface area contributed by atoms with Crippen LogP contribution in [0.15, 0.2) is 59.5 Å². The molecular formula is C20H23FN4O2S. The minimum atomic E-state index is -3.61. The molecular weight excluding hydrogens is 379 g/mol. The molecule has 0 saturated carbocycles. The number of aromatic nitrogens is 2. The van der Waals surface area contributed by atoms with Gasteiger partial charge in [-0.1, -0.05) is 18.2 Å². The van der Waals surface area contributed by atoms with Gasteiger partial charge in [0, 0.05) is 60.8 Å². The highest BCUT2D eigenvalue weighted by Crippen LogP contribution is 2.35. The number of pyridine rings is 1. The fraction of sp³-hybridized carbons (Fsp3) is 0.250. The Labute approximate surface area is 164 Å². The van der Waals surface area contributed by atoms with Crippen molar-refractivity contribution in [2.24, 2.45) is 5.73 Å². The molecule has 0 radical (unpaired) electrons. The van der Waals surface area contributed by atoms with Gasteiger partial charge in [0.15, 0.2) is 0 Å². The first-order valence-electron chi connectivity index (χ1n) is 8.77. The van der Waals surface area contributed by atoms with E-state index in [9.17, 15) is 12.8 Å². The fourth-order valence-electron chi connectivity index (χ4n) is 3.25. The molecule has 0 unspecified atom stereocenters. The number of nitrogens with two attached hydrogens (primary N) is 1. The van der Waals surface area contributed by atoms with Crippen LogP contribution in [0, 0.1) is 6.92 Å². The summed E-state index contributed by atoms with van der Waals surface area (Å²) in [5.41, 5.74) is 8.60. The average Bonchev–Trinajstić information content (AvgIpc) is 2.94. The Kier molecular flexibility index (Phi) is 5.64. The predicted octanol–water partition coefficient (Wildman–Crippen LogP) is 3.07. The number of fused-ring (bicyclic) bond motifs is 1. The van der Waals surface area contributed by atoms with Crippen LogP contribution in [0.2, 0.25) is 0 Å². The quantitative estimate of drug-likeness (QED) is 0.687. The standard InChI is InChI=1S/C20H23FN4O2S/c1-14-20(15-10-17(12-23-11-15)28(26,27)24(2)3)18-6-4-5-7-19(18)25(14)13-16(21)8-9-22/h4-8,10-12H,9,13,22H2,1-3H3. The second-order valence-corrected chi connectivity index (χ2v) is 8.80. The monoisotopic (exact) mass is 402 g/mol. The van der Waals surface area contributed by atoms with Gasteiger partial charge < -0.3 is 10.3 Å². The molecule has 0 fully saturated rings. The van der Waals surface area contributed by atoms with E-state index >= 15 is 0 Å². The maximum atomic E-state index is 14.2. The van der Waals surface area contributed by atoms with Crippen LogP contribution in [0.4, 0.5) is 4.39 Å². The van der Waals surface area contributed by atoms with E-state index in [0.717, 1.165) is 26.5 Å². The van der Waals surface area contributed by atoms with Crippen LogP contribution in [-0.2, 0) is 16.6 Å². The van der Waals surface area contributed by atoms with Gasteiger partial charge in [-0.05, 0) is 25.1 Å². The number of para-hydroxylation sites is 1. The molecule has 28 heavy (non-hydrogen) atoms. The van der Waals surface area contributed by atoms with Crippen molar-refractivity contribution in [1.82, 2.24) is 13.9 Å². The van der Waals surface area contributed by atoms with Gasteiger partial charge in [0.2, 0.25) is 10.0 Å². The molecule has 8 heteroatoms. The number of benzene rings is 1. The minimum absolute atomic E-state index is 0.0622. The lowest BCUT2D eigenvalue weighted by Gasteiger charge is -2.12. The van der Waals surface area contributed by atoms with Crippen molar-refractivity contribution in [2.75, 3.05) is 20.6 Å². The Hall–Kier alpha value is -2.55. The summed E-state index contributed by atoms with van der Waals surface area (Å²) >= 11 is 0. The lowest BCUT2D eigenvalue weighted by atomic mass is 10.0. The van der Waals surface area contributed by atoms with Crippen molar-refractivity contribution in [3.63, 3.8) is 0 Å². The third kappa shape index (κ3) is 3.58. The molecule has 0 saturated heterocycles. The fourth-order valence-corrected chi connectivity index (χ4v) is 4.14. The first kappa shape index (κ1) is 20.2. The Bertz CT molecular complexity index is 1150. The second kappa shape index (κ2) is 7.83. The molecule has 148 valence electrons. The molecule has 0 aliphatic heterocycles. The van der Waals surface area contributed by atoms with E-state index in [0.29, 0.717) is 5.56 Å². The third-order valence-corrected chi connectivity index (χ3v) is 6.44. The van der Waals surface area contributed by atoms with Gasteiger partial charge in [-0.3, -0.25) is 4.98 Å². The average molecular weight is 402 g/mol. The molecule has 0 aliphatic carbocycles. The van der Waals surface area contributed by atoms with E-state index in [-0.39, 0.29) is 23.8 Å². The van der Waals surface area contributed by atoms with Crippen LogP contribution in [0.25, 0.3) is 22.0 Å². The third-order valence-electron chi connectivity index (χ3n) is 4.66. The molecule has 0 spiro atoms. The smallest absolute Gasteiger partial charge is 0.244 e. The Morgan fingerprint density at radius 3 is 2.68 bits per heavy atom. The van der Waals surface area contributed by atoms with E-state index in [1.807, 2.05) is 35.8 Å². The SMILES string of the molecule is Cc1c(-c2cncc(S(=O)(=O)N(C)C)c2)c2ccccc2n1CC(F)=CCN. The zero-order valence-corrected chi connectivity index (χ0v) is 16.9. The first-order valence-corrected chi connectivity index (χ1v) is 10.2. The van der Waals surface area contributed by atoms with Gasteiger partial charge >= 0.3 is 0 Å². The highest BCUT2D eigenvalue weighted by atomic mass is 32.2. The topological polar surface area (TPSA) is 81.2 Å². The molecule has 0 bridgehead atoms. The number of halogens is 1. The van der Waals surface area contributed by atoms with Crippen molar-refractivity contribution in [3.8, 4) is 11.1 Å². The molecule has 0 aliphatic rings. The number of rotatable bonds is 6. The van der Waals surface area contributed by atoms with E-state index < -0.39 is 10.0 Å². The normalized spacial score (nSPS) is 12.9. The largest absolute Gasteiger partial charge is 0.337 e. The highest BCUT2D eigenvalue weighted by Gasteiger charge is 2.21. The molecule has 0 amide bonds. The second-order valence-electron chi connectivity index (χ2n) is 6.65. The Balaban J connectivity index is 2.23. The number of nitrogens with zero attached hydrogens (tertiary/aromatic N) is 3. The van der Waals surface area contributed by atoms with Gasteiger partial charge in [-0.25, -0.2) is 17.1 Å². The zero-order chi connectivity index (χ0) is 20.5. The van der Waals surface area contributed by atoms with Crippen LogP contribution < -0.4 is 5.73 Å². The molecule has 2 heterocycles. The summed E-state index contributed by atoms with van der Waals surface area (Å²) < 4.78 is 42.2. The Morgan fingerprint density at radius 1 is 1.29 bits per heavy atom. The summed E-state index contributed by atoms with van der Waals surface area (Å²) in [5.74, 6) is -0.319. The van der Waals surface area contributed by atoms with Crippen LogP contribution in [0.3, 0.4) is 0 Å². The minimum Gasteiger partial charge on any atom is -0.337 e. The van der Waals surface area contributed by atoms with E-state index in [1.165, 1.54) is 26.4 Å². The number of allylic oxidation sites excluding steroid dienone is 1. The van der Waals surface area contributed by atoms with Gasteiger partial charge in [0.1, 0.15) is 10.7 Å². The van der Waals surface area contributed by atoms with E-state index in [2.05, 4.69) is 4.98 Å². The molecule has 2 N–H and O–H groups in total. The Morgan fingerprint density at radius 2 is 2.00 bits per heavy atom. The van der Waals surface area contributed by atoms with E-state index in [4.69, 9.17) is 5.73 Å². The molecule has 0 atom stereocenters. The summed E-state index contributed by atoms with van der Waals surface area (Å²) in [7, 11) is -0.656. The van der Waals surface area contributed by atoms with E-state index in [1.54, 1.807) is 12.3 Å². The summed E-state index contributed by atoms with van der Waals surface area (Å²) in [6.45, 7) is 2.08.